The molecule has 2 N–H and O–H groups in total. The second-order valence-electron chi connectivity index (χ2n) is 5.11. The van der Waals surface area contributed by atoms with Crippen molar-refractivity contribution in [1.82, 2.24) is 9.47 Å². The minimum atomic E-state index is -1.79. The van der Waals surface area contributed by atoms with Crippen LogP contribution in [0.5, 0.6) is 11.5 Å². The Labute approximate surface area is 135 Å². The molecule has 1 atom stereocenters. The van der Waals surface area contributed by atoms with E-state index in [0.29, 0.717) is 5.02 Å². The largest absolute Gasteiger partial charge is 0.504 e. The van der Waals surface area contributed by atoms with Gasteiger partial charge in [-0.15, -0.1) is 0 Å². The Hall–Kier alpha value is -2.54. The lowest BCUT2D eigenvalue weighted by Crippen LogP contribution is -2.45. The van der Waals surface area contributed by atoms with Crippen LogP contribution in [0.3, 0.4) is 0 Å². The van der Waals surface area contributed by atoms with E-state index >= 15 is 0 Å². The van der Waals surface area contributed by atoms with Crippen LogP contribution in [0.4, 0.5) is 4.39 Å². The summed E-state index contributed by atoms with van der Waals surface area (Å²) >= 11 is 5.82. The molecule has 23 heavy (non-hydrogen) atoms. The quantitative estimate of drug-likeness (QED) is 0.821. The van der Waals surface area contributed by atoms with Crippen LogP contribution in [0.2, 0.25) is 5.02 Å². The Balaban J connectivity index is 2.03. The van der Waals surface area contributed by atoms with E-state index in [-0.39, 0.29) is 18.7 Å². The van der Waals surface area contributed by atoms with E-state index in [1.807, 2.05) is 0 Å². The summed E-state index contributed by atoms with van der Waals surface area (Å²) < 4.78 is 15.7. The van der Waals surface area contributed by atoms with Crippen molar-refractivity contribution < 1.29 is 19.4 Å². The average molecular weight is 339 g/mol. The first-order valence-corrected chi connectivity index (χ1v) is 7.14. The van der Waals surface area contributed by atoms with Gasteiger partial charge in [-0.25, -0.2) is 4.39 Å². The number of amides is 1. The zero-order chi connectivity index (χ0) is 16.7. The normalized spacial score (nSPS) is 15.4. The lowest BCUT2D eigenvalue weighted by molar-refractivity contribution is 0.0372. The Morgan fingerprint density at radius 1 is 1.17 bits per heavy atom. The maximum atomic E-state index is 14.7. The molecule has 0 saturated heterocycles. The SMILES string of the molecule is O=C1c2c(O)c(O)cc(=O)n2CCN1C(F)c1cccc(Cl)c1. The number of nitrogens with zero attached hydrogens (tertiary/aromatic N) is 2. The van der Waals surface area contributed by atoms with Crippen LogP contribution >= 0.6 is 11.6 Å². The molecule has 8 heteroatoms. The van der Waals surface area contributed by atoms with E-state index < -0.39 is 35.0 Å². The molecule has 1 aromatic carbocycles. The van der Waals surface area contributed by atoms with E-state index in [1.54, 1.807) is 12.1 Å². The number of halogens is 2. The molecule has 1 aliphatic rings. The summed E-state index contributed by atoms with van der Waals surface area (Å²) in [6.07, 6.45) is -1.79. The van der Waals surface area contributed by atoms with Crippen molar-refractivity contribution in [3.05, 3.63) is 57.0 Å². The molecule has 2 heterocycles. The molecule has 3 rings (SSSR count). The standard InChI is InChI=1S/C15H12ClFN2O4/c16-9-3-1-2-8(6-9)14(17)19-5-4-18-11(21)7-10(20)13(22)12(18)15(19)23/h1-3,6-7,14,20,22H,4-5H2. The second-order valence-corrected chi connectivity index (χ2v) is 5.54. The maximum absolute atomic E-state index is 14.7. The zero-order valence-corrected chi connectivity index (χ0v) is 12.5. The number of hydrogen-bond donors (Lipinski definition) is 2. The molecule has 1 aliphatic heterocycles. The van der Waals surface area contributed by atoms with E-state index in [2.05, 4.69) is 0 Å². The fourth-order valence-electron chi connectivity index (χ4n) is 2.56. The third-order valence-electron chi connectivity index (χ3n) is 3.69. The Morgan fingerprint density at radius 2 is 1.91 bits per heavy atom. The smallest absolute Gasteiger partial charge is 0.277 e. The molecule has 1 aromatic heterocycles. The summed E-state index contributed by atoms with van der Waals surface area (Å²) in [5, 5.41) is 19.7. The number of pyridine rings is 1. The summed E-state index contributed by atoms with van der Waals surface area (Å²) in [6, 6.07) is 6.82. The van der Waals surface area contributed by atoms with Gasteiger partial charge in [-0.05, 0) is 12.1 Å². The summed E-state index contributed by atoms with van der Waals surface area (Å²) in [7, 11) is 0. The highest BCUT2D eigenvalue weighted by Crippen LogP contribution is 2.33. The molecule has 0 aliphatic carbocycles. The van der Waals surface area contributed by atoms with Gasteiger partial charge in [0.05, 0.1) is 0 Å². The number of aromatic nitrogens is 1. The van der Waals surface area contributed by atoms with E-state index in [1.165, 1.54) is 12.1 Å². The van der Waals surface area contributed by atoms with E-state index in [0.717, 1.165) is 15.5 Å². The number of rotatable bonds is 2. The number of hydrogen-bond acceptors (Lipinski definition) is 4. The lowest BCUT2D eigenvalue weighted by atomic mass is 10.1. The first-order chi connectivity index (χ1) is 10.9. The second kappa shape index (κ2) is 5.58. The number of fused-ring (bicyclic) bond motifs is 1. The van der Waals surface area contributed by atoms with Gasteiger partial charge >= 0.3 is 0 Å². The van der Waals surface area contributed by atoms with Gasteiger partial charge in [0.25, 0.3) is 11.5 Å². The zero-order valence-electron chi connectivity index (χ0n) is 11.7. The topological polar surface area (TPSA) is 82.8 Å². The minimum absolute atomic E-state index is 0.00866. The van der Waals surface area contributed by atoms with E-state index in [4.69, 9.17) is 11.6 Å². The van der Waals surface area contributed by atoms with Crippen LogP contribution in [0.15, 0.2) is 35.1 Å². The predicted octanol–water partition coefficient (Wildman–Crippen LogP) is 2.04. The van der Waals surface area contributed by atoms with Gasteiger partial charge in [0.1, 0.15) is 0 Å². The number of aromatic hydroxyl groups is 2. The van der Waals surface area contributed by atoms with Gasteiger partial charge in [-0.3, -0.25) is 14.2 Å². The van der Waals surface area contributed by atoms with Crippen LogP contribution in [0.25, 0.3) is 0 Å². The summed E-state index contributed by atoms with van der Waals surface area (Å²) in [6.45, 7) is -0.0433. The third-order valence-corrected chi connectivity index (χ3v) is 3.92. The van der Waals surface area contributed by atoms with Gasteiger partial charge in [0, 0.05) is 29.7 Å². The third kappa shape index (κ3) is 2.53. The molecule has 1 unspecified atom stereocenters. The van der Waals surface area contributed by atoms with Gasteiger partial charge < -0.3 is 15.1 Å². The van der Waals surface area contributed by atoms with Crippen LogP contribution in [-0.4, -0.2) is 32.1 Å². The monoisotopic (exact) mass is 338 g/mol. The minimum Gasteiger partial charge on any atom is -0.504 e. The molecule has 120 valence electrons. The van der Waals surface area contributed by atoms with Crippen molar-refractivity contribution >= 4 is 17.5 Å². The Kier molecular flexibility index (Phi) is 3.73. The van der Waals surface area contributed by atoms with Crippen molar-refractivity contribution in [1.29, 1.82) is 0 Å². The fraction of sp³-hybridized carbons (Fsp3) is 0.200. The lowest BCUT2D eigenvalue weighted by Gasteiger charge is -2.32. The van der Waals surface area contributed by atoms with Crippen molar-refractivity contribution in [2.75, 3.05) is 6.54 Å². The molecule has 1 amide bonds. The molecule has 0 radical (unpaired) electrons. The van der Waals surface area contributed by atoms with Crippen molar-refractivity contribution in [2.24, 2.45) is 0 Å². The highest BCUT2D eigenvalue weighted by molar-refractivity contribution is 6.30. The summed E-state index contributed by atoms with van der Waals surface area (Å²) in [5.41, 5.74) is -0.881. The van der Waals surface area contributed by atoms with Gasteiger partial charge in [-0.2, -0.15) is 0 Å². The maximum Gasteiger partial charge on any atom is 0.277 e. The van der Waals surface area contributed by atoms with Crippen molar-refractivity contribution in [3.63, 3.8) is 0 Å². The van der Waals surface area contributed by atoms with Gasteiger partial charge in [0.15, 0.2) is 17.2 Å². The molecular weight excluding hydrogens is 327 g/mol. The number of carbonyl (C=O) groups is 1. The summed E-state index contributed by atoms with van der Waals surface area (Å²) in [5.74, 6) is -2.33. The number of benzene rings is 1. The average Bonchev–Trinajstić information content (AvgIpc) is 2.52. The Bertz CT molecular complexity index is 852. The van der Waals surface area contributed by atoms with Crippen LogP contribution < -0.4 is 5.56 Å². The fourth-order valence-corrected chi connectivity index (χ4v) is 2.76. The number of alkyl halides is 1. The highest BCUT2D eigenvalue weighted by Gasteiger charge is 2.34. The molecule has 6 nitrogen and oxygen atoms in total. The molecule has 0 bridgehead atoms. The van der Waals surface area contributed by atoms with Crippen LogP contribution in [0.1, 0.15) is 22.3 Å². The van der Waals surface area contributed by atoms with Gasteiger partial charge in [-0.1, -0.05) is 23.7 Å². The molecule has 0 saturated carbocycles. The summed E-state index contributed by atoms with van der Waals surface area (Å²) in [4.78, 5) is 25.1. The molecule has 2 aromatic rings. The van der Waals surface area contributed by atoms with Crippen molar-refractivity contribution in [2.45, 2.75) is 12.8 Å². The first-order valence-electron chi connectivity index (χ1n) is 6.76. The van der Waals surface area contributed by atoms with E-state index in [9.17, 15) is 24.2 Å². The molecule has 0 fully saturated rings. The molecule has 0 spiro atoms. The highest BCUT2D eigenvalue weighted by atomic mass is 35.5. The van der Waals surface area contributed by atoms with Crippen molar-refractivity contribution in [3.8, 4) is 11.5 Å². The van der Waals surface area contributed by atoms with Crippen LogP contribution in [-0.2, 0) is 6.54 Å². The van der Waals surface area contributed by atoms with Gasteiger partial charge in [0.2, 0.25) is 6.30 Å². The predicted molar refractivity (Wildman–Crippen MR) is 80.4 cm³/mol. The number of carbonyl (C=O) groups excluding carboxylic acids is 1. The Morgan fingerprint density at radius 3 is 2.61 bits per heavy atom. The molecular formula is C15H12ClFN2O4. The first kappa shape index (κ1) is 15.4. The van der Waals surface area contributed by atoms with Crippen LogP contribution in [0, 0.1) is 0 Å².